The third-order valence-corrected chi connectivity index (χ3v) is 2.58. The monoisotopic (exact) mass is 279 g/mol. The average Bonchev–Trinajstić information content (AvgIpc) is 2.33. The van der Waals surface area contributed by atoms with Gasteiger partial charge in [-0.2, -0.15) is 0 Å². The summed E-state index contributed by atoms with van der Waals surface area (Å²) in [7, 11) is 0. The Hall–Kier alpha value is -1.46. The van der Waals surface area contributed by atoms with Gasteiger partial charge in [0.25, 0.3) is 0 Å². The van der Waals surface area contributed by atoms with Crippen LogP contribution in [-0.2, 0) is 6.54 Å². The van der Waals surface area contributed by atoms with Crippen molar-refractivity contribution in [3.8, 4) is 11.5 Å². The van der Waals surface area contributed by atoms with E-state index >= 15 is 0 Å². The van der Waals surface area contributed by atoms with Crippen molar-refractivity contribution >= 4 is 15.9 Å². The predicted molar refractivity (Wildman–Crippen MR) is 64.1 cm³/mol. The predicted octanol–water partition coefficient (Wildman–Crippen LogP) is 2.49. The molecule has 0 amide bonds. The number of nitrogens with zero attached hydrogens (tertiary/aromatic N) is 2. The largest absolute Gasteiger partial charge is 0.453 e. The lowest BCUT2D eigenvalue weighted by Crippen LogP contribution is -2.02. The lowest BCUT2D eigenvalue weighted by molar-refractivity contribution is 0.473. The van der Waals surface area contributed by atoms with Crippen LogP contribution in [0.15, 0.2) is 41.1 Å². The molecule has 0 fully saturated rings. The van der Waals surface area contributed by atoms with E-state index in [0.29, 0.717) is 18.1 Å². The maximum atomic E-state index is 5.60. The topological polar surface area (TPSA) is 61.0 Å². The van der Waals surface area contributed by atoms with E-state index in [1.54, 1.807) is 12.4 Å². The van der Waals surface area contributed by atoms with Gasteiger partial charge in [-0.15, -0.1) is 0 Å². The van der Waals surface area contributed by atoms with Crippen LogP contribution in [0.3, 0.4) is 0 Å². The molecule has 4 nitrogen and oxygen atoms in total. The highest BCUT2D eigenvalue weighted by Gasteiger charge is 2.02. The van der Waals surface area contributed by atoms with Crippen LogP contribution < -0.4 is 10.5 Å². The van der Waals surface area contributed by atoms with Crippen molar-refractivity contribution in [3.05, 3.63) is 47.0 Å². The van der Waals surface area contributed by atoms with Crippen molar-refractivity contribution in [1.82, 2.24) is 9.97 Å². The zero-order valence-corrected chi connectivity index (χ0v) is 10.0. The van der Waals surface area contributed by atoms with E-state index in [1.807, 2.05) is 24.3 Å². The Kier molecular flexibility index (Phi) is 3.48. The summed E-state index contributed by atoms with van der Waals surface area (Å²) in [5.74, 6) is 1.91. The molecule has 0 aliphatic rings. The van der Waals surface area contributed by atoms with Gasteiger partial charge < -0.3 is 10.5 Å². The first kappa shape index (κ1) is 11.0. The van der Waals surface area contributed by atoms with Crippen LogP contribution in [0.2, 0.25) is 0 Å². The molecule has 0 saturated carbocycles. The van der Waals surface area contributed by atoms with Crippen molar-refractivity contribution in [1.29, 1.82) is 0 Å². The fraction of sp³-hybridized carbons (Fsp3) is 0.0909. The van der Waals surface area contributed by atoms with E-state index in [4.69, 9.17) is 10.5 Å². The van der Waals surface area contributed by atoms with Crippen molar-refractivity contribution < 1.29 is 4.74 Å². The molecule has 2 rings (SSSR count). The molecule has 2 N–H and O–H groups in total. The molecule has 0 bridgehead atoms. The minimum atomic E-state index is 0.329. The Morgan fingerprint density at radius 1 is 1.19 bits per heavy atom. The molecule has 82 valence electrons. The Morgan fingerprint density at radius 2 is 1.88 bits per heavy atom. The zero-order chi connectivity index (χ0) is 11.4. The smallest absolute Gasteiger partial charge is 0.164 e. The summed E-state index contributed by atoms with van der Waals surface area (Å²) in [6, 6.07) is 7.59. The standard InChI is InChI=1S/C11H10BrN3O/c12-9-3-1-2-4-10(9)16-8-6-14-11(5-13)15-7-8/h1-4,6-7H,5,13H2. The molecule has 1 aromatic heterocycles. The van der Waals surface area contributed by atoms with Gasteiger partial charge in [-0.1, -0.05) is 12.1 Å². The van der Waals surface area contributed by atoms with Crippen molar-refractivity contribution in [2.45, 2.75) is 6.54 Å². The van der Waals surface area contributed by atoms with Gasteiger partial charge in [-0.05, 0) is 28.1 Å². The van der Waals surface area contributed by atoms with E-state index in [0.717, 1.165) is 10.2 Å². The number of halogens is 1. The number of ether oxygens (including phenoxy) is 1. The van der Waals surface area contributed by atoms with Crippen LogP contribution in [0.25, 0.3) is 0 Å². The zero-order valence-electron chi connectivity index (χ0n) is 8.43. The fourth-order valence-electron chi connectivity index (χ4n) is 1.16. The molecule has 2 aromatic rings. The maximum Gasteiger partial charge on any atom is 0.164 e. The van der Waals surface area contributed by atoms with Crippen molar-refractivity contribution in [2.75, 3.05) is 0 Å². The van der Waals surface area contributed by atoms with Crippen molar-refractivity contribution in [2.24, 2.45) is 5.73 Å². The third-order valence-electron chi connectivity index (χ3n) is 1.93. The number of benzene rings is 1. The molecule has 0 spiro atoms. The number of para-hydroxylation sites is 1. The van der Waals surface area contributed by atoms with Crippen LogP contribution in [0.4, 0.5) is 0 Å². The Morgan fingerprint density at radius 3 is 2.50 bits per heavy atom. The lowest BCUT2D eigenvalue weighted by atomic mass is 10.3. The minimum Gasteiger partial charge on any atom is -0.453 e. The van der Waals surface area contributed by atoms with Crippen molar-refractivity contribution in [3.63, 3.8) is 0 Å². The maximum absolute atomic E-state index is 5.60. The highest BCUT2D eigenvalue weighted by atomic mass is 79.9. The summed E-state index contributed by atoms with van der Waals surface area (Å²) >= 11 is 3.40. The second-order valence-corrected chi connectivity index (χ2v) is 3.93. The normalized spacial score (nSPS) is 10.1. The van der Waals surface area contributed by atoms with Crippen LogP contribution >= 0.6 is 15.9 Å². The highest BCUT2D eigenvalue weighted by Crippen LogP contribution is 2.28. The van der Waals surface area contributed by atoms with Crippen LogP contribution in [0.1, 0.15) is 5.82 Å². The summed E-state index contributed by atoms with van der Waals surface area (Å²) in [5.41, 5.74) is 5.40. The quantitative estimate of drug-likeness (QED) is 0.938. The molecule has 0 radical (unpaired) electrons. The Labute approximate surface area is 102 Å². The van der Waals surface area contributed by atoms with Gasteiger partial charge in [0.2, 0.25) is 0 Å². The van der Waals surface area contributed by atoms with Crippen LogP contribution in [0, 0.1) is 0 Å². The minimum absolute atomic E-state index is 0.329. The average molecular weight is 280 g/mol. The Bertz CT molecular complexity index is 473. The molecule has 1 heterocycles. The Balaban J connectivity index is 2.18. The summed E-state index contributed by atoms with van der Waals surface area (Å²) < 4.78 is 6.48. The fourth-order valence-corrected chi connectivity index (χ4v) is 1.52. The number of hydrogen-bond donors (Lipinski definition) is 1. The van der Waals surface area contributed by atoms with Gasteiger partial charge in [0.15, 0.2) is 5.75 Å². The molecule has 0 atom stereocenters. The number of nitrogens with two attached hydrogens (primary N) is 1. The van der Waals surface area contributed by atoms with Gasteiger partial charge in [-0.3, -0.25) is 0 Å². The molecule has 0 saturated heterocycles. The SMILES string of the molecule is NCc1ncc(Oc2ccccc2Br)cn1. The summed E-state index contributed by atoms with van der Waals surface area (Å²) in [6.45, 7) is 0.329. The highest BCUT2D eigenvalue weighted by molar-refractivity contribution is 9.10. The molecular formula is C11H10BrN3O. The van der Waals surface area contributed by atoms with E-state index in [9.17, 15) is 0 Å². The summed E-state index contributed by atoms with van der Waals surface area (Å²) in [5, 5.41) is 0. The number of rotatable bonds is 3. The molecule has 0 unspecified atom stereocenters. The second-order valence-electron chi connectivity index (χ2n) is 3.07. The first-order valence-corrected chi connectivity index (χ1v) is 5.52. The van der Waals surface area contributed by atoms with Crippen LogP contribution in [0.5, 0.6) is 11.5 Å². The van der Waals surface area contributed by atoms with Gasteiger partial charge in [0.1, 0.15) is 11.6 Å². The molecule has 5 heteroatoms. The van der Waals surface area contributed by atoms with E-state index in [1.165, 1.54) is 0 Å². The number of aromatic nitrogens is 2. The number of hydrogen-bond acceptors (Lipinski definition) is 4. The first-order valence-electron chi connectivity index (χ1n) is 4.73. The second kappa shape index (κ2) is 5.05. The molecule has 1 aromatic carbocycles. The van der Waals surface area contributed by atoms with E-state index in [2.05, 4.69) is 25.9 Å². The van der Waals surface area contributed by atoms with Gasteiger partial charge >= 0.3 is 0 Å². The lowest BCUT2D eigenvalue weighted by Gasteiger charge is -2.06. The summed E-state index contributed by atoms with van der Waals surface area (Å²) in [4.78, 5) is 8.09. The van der Waals surface area contributed by atoms with E-state index in [-0.39, 0.29) is 0 Å². The van der Waals surface area contributed by atoms with Gasteiger partial charge in [0.05, 0.1) is 23.4 Å². The molecule has 0 aliphatic carbocycles. The van der Waals surface area contributed by atoms with Gasteiger partial charge in [0, 0.05) is 0 Å². The first-order chi connectivity index (χ1) is 7.79. The van der Waals surface area contributed by atoms with Gasteiger partial charge in [-0.25, -0.2) is 9.97 Å². The molecule has 0 aliphatic heterocycles. The van der Waals surface area contributed by atoms with E-state index < -0.39 is 0 Å². The summed E-state index contributed by atoms with van der Waals surface area (Å²) in [6.07, 6.45) is 3.21. The molecule has 16 heavy (non-hydrogen) atoms. The molecular weight excluding hydrogens is 270 g/mol. The third kappa shape index (κ3) is 2.56. The van der Waals surface area contributed by atoms with Crippen LogP contribution in [-0.4, -0.2) is 9.97 Å².